The van der Waals surface area contributed by atoms with Gasteiger partial charge in [-0.2, -0.15) is 13.2 Å². The van der Waals surface area contributed by atoms with Gasteiger partial charge in [-0.15, -0.1) is 0 Å². The van der Waals surface area contributed by atoms with Crippen LogP contribution in [-0.4, -0.2) is 12.1 Å². The Bertz CT molecular complexity index is 612. The van der Waals surface area contributed by atoms with E-state index < -0.39 is 12.1 Å². The van der Waals surface area contributed by atoms with Crippen molar-refractivity contribution in [2.45, 2.75) is 6.18 Å². The highest BCUT2D eigenvalue weighted by molar-refractivity contribution is 6.31. The summed E-state index contributed by atoms with van der Waals surface area (Å²) in [5, 5.41) is 1.84. The lowest BCUT2D eigenvalue weighted by Gasteiger charge is -2.26. The lowest BCUT2D eigenvalue weighted by atomic mass is 10.2. The molecule has 22 heavy (non-hydrogen) atoms. The Hall–Kier alpha value is -1.92. The number of hydrogen-bond acceptors (Lipinski definition) is 2. The third kappa shape index (κ3) is 4.05. The molecular formula is C14H9Cl2F3N2O. The quantitative estimate of drug-likeness (QED) is 0.813. The number of nitrogens with one attached hydrogen (secondary N) is 1. The molecule has 2 aromatic rings. The Morgan fingerprint density at radius 1 is 0.864 bits per heavy atom. The Morgan fingerprint density at radius 3 is 1.55 bits per heavy atom. The Balaban J connectivity index is 2.38. The van der Waals surface area contributed by atoms with Gasteiger partial charge in [-0.25, -0.2) is 0 Å². The Labute approximate surface area is 134 Å². The zero-order valence-electron chi connectivity index (χ0n) is 10.9. The van der Waals surface area contributed by atoms with Gasteiger partial charge in [0.2, 0.25) is 0 Å². The molecule has 0 unspecified atom stereocenters. The van der Waals surface area contributed by atoms with E-state index in [0.717, 1.165) is 5.01 Å². The van der Waals surface area contributed by atoms with E-state index in [1.807, 2.05) is 5.43 Å². The minimum atomic E-state index is -5.00. The lowest BCUT2D eigenvalue weighted by Crippen LogP contribution is -2.46. The van der Waals surface area contributed by atoms with E-state index in [2.05, 4.69) is 0 Å². The van der Waals surface area contributed by atoms with Crippen molar-refractivity contribution >= 4 is 40.5 Å². The molecule has 2 rings (SSSR count). The summed E-state index contributed by atoms with van der Waals surface area (Å²) in [7, 11) is 0. The fourth-order valence-corrected chi connectivity index (χ4v) is 1.88. The van der Waals surface area contributed by atoms with Crippen LogP contribution in [0.1, 0.15) is 0 Å². The van der Waals surface area contributed by atoms with Crippen molar-refractivity contribution < 1.29 is 18.0 Å². The minimum absolute atomic E-state index is 0.310. The molecule has 8 heteroatoms. The van der Waals surface area contributed by atoms with Crippen LogP contribution in [0.4, 0.5) is 24.5 Å². The van der Waals surface area contributed by atoms with Crippen LogP contribution in [0, 0.1) is 0 Å². The standard InChI is InChI=1S/C14H9Cl2F3N2O/c15-9-1-5-11(6-2-9)21(20-13(22)14(17,18)19)12-7-3-10(16)4-8-12/h1-8H,(H,20,22). The predicted molar refractivity (Wildman–Crippen MR) is 79.2 cm³/mol. The normalized spacial score (nSPS) is 11.1. The summed E-state index contributed by atoms with van der Waals surface area (Å²) in [6.45, 7) is 0. The monoisotopic (exact) mass is 348 g/mol. The minimum Gasteiger partial charge on any atom is -0.263 e. The van der Waals surface area contributed by atoms with E-state index in [0.29, 0.717) is 21.4 Å². The van der Waals surface area contributed by atoms with Gasteiger partial charge in [-0.05, 0) is 48.5 Å². The maximum absolute atomic E-state index is 12.5. The number of alkyl halides is 3. The molecule has 0 saturated heterocycles. The second kappa shape index (κ2) is 6.46. The first-order chi connectivity index (χ1) is 10.3. The summed E-state index contributed by atoms with van der Waals surface area (Å²) in [5.74, 6) is -2.09. The number of halogens is 5. The summed E-state index contributed by atoms with van der Waals surface area (Å²) in [4.78, 5) is 11.2. The molecule has 0 aliphatic carbocycles. The van der Waals surface area contributed by atoms with Crippen molar-refractivity contribution in [3.63, 3.8) is 0 Å². The van der Waals surface area contributed by atoms with Crippen molar-refractivity contribution in [2.24, 2.45) is 0 Å². The first-order valence-electron chi connectivity index (χ1n) is 5.96. The van der Waals surface area contributed by atoms with Gasteiger partial charge in [0.1, 0.15) is 0 Å². The maximum Gasteiger partial charge on any atom is 0.472 e. The van der Waals surface area contributed by atoms with Gasteiger partial charge in [-0.3, -0.25) is 15.2 Å². The second-order valence-electron chi connectivity index (χ2n) is 4.23. The van der Waals surface area contributed by atoms with Crippen molar-refractivity contribution in [3.8, 4) is 0 Å². The highest BCUT2D eigenvalue weighted by Gasteiger charge is 2.40. The zero-order chi connectivity index (χ0) is 16.3. The molecule has 0 fully saturated rings. The molecule has 116 valence electrons. The molecule has 0 bridgehead atoms. The van der Waals surface area contributed by atoms with E-state index in [1.54, 1.807) is 0 Å². The SMILES string of the molecule is O=C(NN(c1ccc(Cl)cc1)c1ccc(Cl)cc1)C(F)(F)F. The fourth-order valence-electron chi connectivity index (χ4n) is 1.62. The number of amides is 1. The van der Waals surface area contributed by atoms with E-state index >= 15 is 0 Å². The molecule has 2 aromatic carbocycles. The number of hydrogen-bond donors (Lipinski definition) is 1. The lowest BCUT2D eigenvalue weighted by molar-refractivity contribution is -0.173. The van der Waals surface area contributed by atoms with Crippen molar-refractivity contribution in [1.82, 2.24) is 5.43 Å². The molecule has 0 heterocycles. The number of nitrogens with zero attached hydrogens (tertiary/aromatic N) is 1. The molecule has 3 nitrogen and oxygen atoms in total. The maximum atomic E-state index is 12.5. The van der Waals surface area contributed by atoms with E-state index in [4.69, 9.17) is 23.2 Å². The van der Waals surface area contributed by atoms with Gasteiger partial charge in [-0.1, -0.05) is 23.2 Å². The zero-order valence-corrected chi connectivity index (χ0v) is 12.4. The van der Waals surface area contributed by atoms with Crippen LogP contribution in [0.2, 0.25) is 10.0 Å². The third-order valence-electron chi connectivity index (χ3n) is 2.64. The summed E-state index contributed by atoms with van der Waals surface area (Å²) in [6, 6.07) is 11.9. The second-order valence-corrected chi connectivity index (χ2v) is 5.10. The molecule has 0 aliphatic heterocycles. The molecule has 0 saturated carbocycles. The van der Waals surface area contributed by atoms with E-state index in [-0.39, 0.29) is 0 Å². The topological polar surface area (TPSA) is 32.3 Å². The summed E-state index contributed by atoms with van der Waals surface area (Å²) >= 11 is 11.5. The highest BCUT2D eigenvalue weighted by atomic mass is 35.5. The molecule has 0 atom stereocenters. The molecule has 0 aromatic heterocycles. The van der Waals surface area contributed by atoms with Crippen LogP contribution in [0.3, 0.4) is 0 Å². The molecule has 0 aliphatic rings. The van der Waals surface area contributed by atoms with Gasteiger partial charge in [0.25, 0.3) is 0 Å². The number of carbonyl (C=O) groups excluding carboxylic acids is 1. The van der Waals surface area contributed by atoms with Gasteiger partial charge >= 0.3 is 12.1 Å². The molecular weight excluding hydrogens is 340 g/mol. The van der Waals surface area contributed by atoms with Crippen molar-refractivity contribution in [1.29, 1.82) is 0 Å². The van der Waals surface area contributed by atoms with Gasteiger partial charge in [0, 0.05) is 10.0 Å². The fraction of sp³-hybridized carbons (Fsp3) is 0.0714. The Kier molecular flexibility index (Phi) is 4.83. The van der Waals surface area contributed by atoms with Crippen LogP contribution in [0.25, 0.3) is 0 Å². The number of rotatable bonds is 3. The molecule has 1 amide bonds. The van der Waals surface area contributed by atoms with Gasteiger partial charge in [0.05, 0.1) is 11.4 Å². The van der Waals surface area contributed by atoms with Gasteiger partial charge < -0.3 is 0 Å². The summed E-state index contributed by atoms with van der Waals surface area (Å²) in [6.07, 6.45) is -5.00. The number of benzene rings is 2. The van der Waals surface area contributed by atoms with Crippen LogP contribution in [0.15, 0.2) is 48.5 Å². The van der Waals surface area contributed by atoms with Gasteiger partial charge in [0.15, 0.2) is 0 Å². The molecule has 1 N–H and O–H groups in total. The predicted octanol–water partition coefficient (Wildman–Crippen LogP) is 4.73. The Morgan fingerprint density at radius 2 is 1.23 bits per heavy atom. The number of anilines is 2. The van der Waals surface area contributed by atoms with Crippen molar-refractivity contribution in [3.05, 3.63) is 58.6 Å². The summed E-state index contributed by atoms with van der Waals surface area (Å²) in [5.41, 5.74) is 2.43. The largest absolute Gasteiger partial charge is 0.472 e. The van der Waals surface area contributed by atoms with Crippen LogP contribution in [-0.2, 0) is 4.79 Å². The third-order valence-corrected chi connectivity index (χ3v) is 3.14. The van der Waals surface area contributed by atoms with E-state index in [1.165, 1.54) is 48.5 Å². The average Bonchev–Trinajstić information content (AvgIpc) is 2.46. The molecule has 0 radical (unpaired) electrons. The highest BCUT2D eigenvalue weighted by Crippen LogP contribution is 2.27. The number of carbonyl (C=O) groups is 1. The molecule has 0 spiro atoms. The number of hydrazine groups is 1. The van der Waals surface area contributed by atoms with E-state index in [9.17, 15) is 18.0 Å². The van der Waals surface area contributed by atoms with Crippen LogP contribution < -0.4 is 10.4 Å². The summed E-state index contributed by atoms with van der Waals surface area (Å²) < 4.78 is 37.5. The van der Waals surface area contributed by atoms with Crippen LogP contribution >= 0.6 is 23.2 Å². The van der Waals surface area contributed by atoms with Crippen molar-refractivity contribution in [2.75, 3.05) is 5.01 Å². The first-order valence-corrected chi connectivity index (χ1v) is 6.72. The smallest absolute Gasteiger partial charge is 0.263 e. The first kappa shape index (κ1) is 16.5. The average molecular weight is 349 g/mol. The van der Waals surface area contributed by atoms with Crippen LogP contribution in [0.5, 0.6) is 0 Å².